The van der Waals surface area contributed by atoms with E-state index >= 15 is 0 Å². The van der Waals surface area contributed by atoms with Crippen molar-refractivity contribution in [3.63, 3.8) is 0 Å². The van der Waals surface area contributed by atoms with Gasteiger partial charge >= 0.3 is 5.97 Å². The summed E-state index contributed by atoms with van der Waals surface area (Å²) in [5, 5.41) is 13.0. The van der Waals surface area contributed by atoms with Crippen molar-refractivity contribution in [1.29, 1.82) is 0 Å². The fourth-order valence-corrected chi connectivity index (χ4v) is 4.68. The highest BCUT2D eigenvalue weighted by atomic mass is 16.5. The lowest BCUT2D eigenvalue weighted by molar-refractivity contribution is -0.137. The number of anilines is 2. The predicted octanol–water partition coefficient (Wildman–Crippen LogP) is 2.93. The number of aliphatic carboxylic acids is 1. The molecule has 4 rings (SSSR count). The molecule has 0 radical (unpaired) electrons. The molecule has 2 N–H and O–H groups in total. The Kier molecular flexibility index (Phi) is 8.33. The van der Waals surface area contributed by atoms with Crippen molar-refractivity contribution in [2.24, 2.45) is 0 Å². The van der Waals surface area contributed by atoms with E-state index in [4.69, 9.17) is 9.72 Å². The molecule has 2 aromatic rings. The number of amides is 2. The molecule has 1 saturated heterocycles. The van der Waals surface area contributed by atoms with Gasteiger partial charge in [-0.3, -0.25) is 14.4 Å². The quantitative estimate of drug-likeness (QED) is 0.482. The molecule has 1 unspecified atom stereocenters. The van der Waals surface area contributed by atoms with Crippen molar-refractivity contribution in [2.75, 3.05) is 43.0 Å². The van der Waals surface area contributed by atoms with Crippen LogP contribution in [0.1, 0.15) is 68.2 Å². The number of piperazine rings is 1. The van der Waals surface area contributed by atoms with Crippen LogP contribution in [-0.2, 0) is 16.1 Å². The summed E-state index contributed by atoms with van der Waals surface area (Å²) in [6.07, 6.45) is 0.713. The Bertz CT molecular complexity index is 1180. The van der Waals surface area contributed by atoms with Crippen LogP contribution in [0.2, 0.25) is 0 Å². The Hall–Kier alpha value is -3.89. The topological polar surface area (TPSA) is 128 Å². The summed E-state index contributed by atoms with van der Waals surface area (Å²) in [5.74, 6) is 0.458. The third kappa shape index (κ3) is 5.98. The molecule has 11 nitrogen and oxygen atoms in total. The minimum Gasteiger partial charge on any atom is -0.494 e. The summed E-state index contributed by atoms with van der Waals surface area (Å²) < 4.78 is 5.67. The number of nitrogens with one attached hydrogen (secondary N) is 1. The first-order valence-corrected chi connectivity index (χ1v) is 13.1. The van der Waals surface area contributed by atoms with Gasteiger partial charge in [-0.2, -0.15) is 4.98 Å². The third-order valence-electron chi connectivity index (χ3n) is 6.86. The van der Waals surface area contributed by atoms with Crippen LogP contribution in [0, 0.1) is 0 Å². The molecule has 2 aliphatic heterocycles. The van der Waals surface area contributed by atoms with Crippen LogP contribution in [0.3, 0.4) is 0 Å². The average Bonchev–Trinajstić information content (AvgIpc) is 3.24. The summed E-state index contributed by atoms with van der Waals surface area (Å²) in [6.45, 7) is 10.6. The minimum atomic E-state index is -0.958. The lowest BCUT2D eigenvalue weighted by Gasteiger charge is -2.34. The van der Waals surface area contributed by atoms with Gasteiger partial charge < -0.3 is 29.9 Å². The van der Waals surface area contributed by atoms with E-state index in [1.165, 1.54) is 0 Å². The van der Waals surface area contributed by atoms with Crippen LogP contribution < -0.4 is 15.0 Å². The number of carboxylic acids is 1. The molecule has 1 aromatic carbocycles. The van der Waals surface area contributed by atoms with E-state index in [1.54, 1.807) is 16.7 Å². The van der Waals surface area contributed by atoms with Gasteiger partial charge in [0.1, 0.15) is 17.3 Å². The molecule has 1 aromatic heterocycles. The van der Waals surface area contributed by atoms with E-state index in [-0.39, 0.29) is 24.3 Å². The summed E-state index contributed by atoms with van der Waals surface area (Å²) in [6, 6.07) is 6.74. The molecular formula is C27H36N6O5. The van der Waals surface area contributed by atoms with Crippen LogP contribution in [0.5, 0.6) is 5.75 Å². The number of carboxylic acid groups (broad SMARTS) is 1. The van der Waals surface area contributed by atoms with Gasteiger partial charge in [0.25, 0.3) is 5.91 Å². The molecule has 1 atom stereocenters. The highest BCUT2D eigenvalue weighted by molar-refractivity contribution is 5.98. The molecular weight excluding hydrogens is 488 g/mol. The number of nitrogens with zero attached hydrogens (tertiary/aromatic N) is 5. The zero-order valence-electron chi connectivity index (χ0n) is 22.4. The van der Waals surface area contributed by atoms with Crippen molar-refractivity contribution in [2.45, 2.75) is 59.2 Å². The second-order valence-electron chi connectivity index (χ2n) is 9.93. The Morgan fingerprint density at radius 3 is 2.37 bits per heavy atom. The van der Waals surface area contributed by atoms with Gasteiger partial charge in [-0.15, -0.1) is 0 Å². The summed E-state index contributed by atoms with van der Waals surface area (Å²) in [5.41, 5.74) is 1.76. The monoisotopic (exact) mass is 524 g/mol. The molecule has 2 amide bonds. The number of fused-ring (bicyclic) bond motifs is 1. The Balaban J connectivity index is 1.67. The molecule has 38 heavy (non-hydrogen) atoms. The maximum Gasteiger partial charge on any atom is 0.305 e. The first-order valence-electron chi connectivity index (χ1n) is 13.1. The van der Waals surface area contributed by atoms with Crippen molar-refractivity contribution in [3.8, 4) is 5.75 Å². The summed E-state index contributed by atoms with van der Waals surface area (Å²) >= 11 is 0. The van der Waals surface area contributed by atoms with Crippen molar-refractivity contribution >= 4 is 29.5 Å². The highest BCUT2D eigenvalue weighted by Crippen LogP contribution is 2.33. The normalized spacial score (nSPS) is 16.0. The molecule has 2 aliphatic rings. The maximum atomic E-state index is 13.3. The first kappa shape index (κ1) is 27.2. The molecule has 0 aliphatic carbocycles. The van der Waals surface area contributed by atoms with E-state index in [0.717, 1.165) is 17.7 Å². The molecule has 0 spiro atoms. The molecule has 1 fully saturated rings. The van der Waals surface area contributed by atoms with Gasteiger partial charge in [0.15, 0.2) is 0 Å². The fourth-order valence-electron chi connectivity index (χ4n) is 4.68. The second kappa shape index (κ2) is 11.7. The standard InChI is InChI=1S/C27H36N6O5/c1-5-14-38-20-8-6-19(7-9-20)22(15-23(35)36)28-25-21-16-33(17(2)3)26(37)24(21)29-27(30-25)32-12-10-31(11-13-32)18(4)34/h6-9,17,22H,5,10-16H2,1-4H3,(H,35,36)(H,28,29,30). The average molecular weight is 525 g/mol. The number of hydrogen-bond acceptors (Lipinski definition) is 8. The number of ether oxygens (including phenoxy) is 1. The molecule has 204 valence electrons. The lowest BCUT2D eigenvalue weighted by atomic mass is 10.0. The predicted molar refractivity (Wildman–Crippen MR) is 142 cm³/mol. The Morgan fingerprint density at radius 1 is 1.11 bits per heavy atom. The van der Waals surface area contributed by atoms with Gasteiger partial charge in [0, 0.05) is 44.7 Å². The van der Waals surface area contributed by atoms with Gasteiger partial charge in [-0.25, -0.2) is 4.98 Å². The first-order chi connectivity index (χ1) is 18.2. The van der Waals surface area contributed by atoms with Crippen LogP contribution >= 0.6 is 0 Å². The van der Waals surface area contributed by atoms with Gasteiger partial charge in [-0.05, 0) is 38.0 Å². The van der Waals surface area contributed by atoms with E-state index in [9.17, 15) is 19.5 Å². The SMILES string of the molecule is CCCOc1ccc(C(CC(=O)O)Nc2nc(N3CCN(C(C)=O)CC3)nc3c2CN(C(C)C)C3=O)cc1. The Labute approximate surface area is 222 Å². The van der Waals surface area contributed by atoms with E-state index in [2.05, 4.69) is 10.3 Å². The van der Waals surface area contributed by atoms with Gasteiger partial charge in [0.2, 0.25) is 11.9 Å². The highest BCUT2D eigenvalue weighted by Gasteiger charge is 2.36. The van der Waals surface area contributed by atoms with Crippen LogP contribution in [0.15, 0.2) is 24.3 Å². The van der Waals surface area contributed by atoms with E-state index in [0.29, 0.717) is 62.4 Å². The van der Waals surface area contributed by atoms with E-state index < -0.39 is 12.0 Å². The van der Waals surface area contributed by atoms with Gasteiger partial charge in [0.05, 0.1) is 25.6 Å². The number of rotatable bonds is 10. The van der Waals surface area contributed by atoms with Crippen LogP contribution in [-0.4, -0.2) is 81.5 Å². The molecule has 0 saturated carbocycles. The number of aromatic nitrogens is 2. The largest absolute Gasteiger partial charge is 0.494 e. The smallest absolute Gasteiger partial charge is 0.305 e. The van der Waals surface area contributed by atoms with Crippen molar-refractivity contribution in [1.82, 2.24) is 19.8 Å². The fraction of sp³-hybridized carbons (Fsp3) is 0.519. The van der Waals surface area contributed by atoms with Crippen LogP contribution in [0.4, 0.5) is 11.8 Å². The molecule has 11 heteroatoms. The maximum absolute atomic E-state index is 13.3. The van der Waals surface area contributed by atoms with Gasteiger partial charge in [-0.1, -0.05) is 19.1 Å². The number of carbonyl (C=O) groups excluding carboxylic acids is 2. The number of carbonyl (C=O) groups is 3. The Morgan fingerprint density at radius 2 is 1.79 bits per heavy atom. The van der Waals surface area contributed by atoms with Crippen molar-refractivity contribution < 1.29 is 24.2 Å². The zero-order valence-corrected chi connectivity index (χ0v) is 22.4. The van der Waals surface area contributed by atoms with Crippen LogP contribution in [0.25, 0.3) is 0 Å². The zero-order chi connectivity index (χ0) is 27.4. The second-order valence-corrected chi connectivity index (χ2v) is 9.93. The van der Waals surface area contributed by atoms with Crippen molar-refractivity contribution in [3.05, 3.63) is 41.1 Å². The number of benzene rings is 1. The summed E-state index contributed by atoms with van der Waals surface area (Å²) in [4.78, 5) is 51.7. The minimum absolute atomic E-state index is 0.0206. The number of hydrogen-bond donors (Lipinski definition) is 2. The molecule has 0 bridgehead atoms. The summed E-state index contributed by atoms with van der Waals surface area (Å²) in [7, 11) is 0. The third-order valence-corrected chi connectivity index (χ3v) is 6.86. The lowest BCUT2D eigenvalue weighted by Crippen LogP contribution is -2.48. The van der Waals surface area contributed by atoms with E-state index in [1.807, 2.05) is 49.9 Å². The molecule has 3 heterocycles.